The molecule has 2 heterocycles. The van der Waals surface area contributed by atoms with E-state index in [9.17, 15) is 0 Å². The first-order valence-electron chi connectivity index (χ1n) is 5.89. The van der Waals surface area contributed by atoms with Crippen LogP contribution in [0.5, 0.6) is 0 Å². The summed E-state index contributed by atoms with van der Waals surface area (Å²) in [6.07, 6.45) is 2.82. The van der Waals surface area contributed by atoms with Crippen LogP contribution in [-0.4, -0.2) is 47.8 Å². The van der Waals surface area contributed by atoms with Gasteiger partial charge in [-0.15, -0.1) is 0 Å². The summed E-state index contributed by atoms with van der Waals surface area (Å²) in [5.41, 5.74) is 0. The fourth-order valence-electron chi connectivity index (χ4n) is 2.14. The van der Waals surface area contributed by atoms with Gasteiger partial charge in [0.1, 0.15) is 0 Å². The van der Waals surface area contributed by atoms with Gasteiger partial charge in [-0.1, -0.05) is 0 Å². The summed E-state index contributed by atoms with van der Waals surface area (Å²) < 4.78 is 5.55. The molecule has 2 nitrogen and oxygen atoms in total. The zero-order valence-corrected chi connectivity index (χ0v) is 11.0. The lowest BCUT2D eigenvalue weighted by Gasteiger charge is -2.30. The van der Waals surface area contributed by atoms with Crippen LogP contribution < -0.4 is 5.32 Å². The average molecular weight is 247 g/mol. The standard InChI is InChI=1S/C11H21NOS2/c1-9-6-10(2-3-13-9)12-7-11-8-14-4-5-15-11/h9-12H,2-8H2,1H3. The third-order valence-corrected chi connectivity index (χ3v) is 5.85. The molecule has 2 fully saturated rings. The Morgan fingerprint density at radius 3 is 3.07 bits per heavy atom. The van der Waals surface area contributed by atoms with Crippen LogP contribution in [0.15, 0.2) is 0 Å². The van der Waals surface area contributed by atoms with Gasteiger partial charge in [0.2, 0.25) is 0 Å². The van der Waals surface area contributed by atoms with Crippen molar-refractivity contribution in [3.05, 3.63) is 0 Å². The van der Waals surface area contributed by atoms with Crippen LogP contribution in [0.1, 0.15) is 19.8 Å². The number of hydrogen-bond acceptors (Lipinski definition) is 4. The molecule has 2 aliphatic heterocycles. The monoisotopic (exact) mass is 247 g/mol. The average Bonchev–Trinajstić information content (AvgIpc) is 2.28. The normalized spacial score (nSPS) is 37.8. The van der Waals surface area contributed by atoms with Gasteiger partial charge in [0.25, 0.3) is 0 Å². The Hall–Kier alpha value is 0.620. The van der Waals surface area contributed by atoms with E-state index in [0.717, 1.165) is 11.9 Å². The highest BCUT2D eigenvalue weighted by Gasteiger charge is 2.21. The fourth-order valence-corrected chi connectivity index (χ4v) is 4.76. The van der Waals surface area contributed by atoms with Crippen molar-refractivity contribution in [1.29, 1.82) is 0 Å². The molecule has 0 amide bonds. The molecule has 3 atom stereocenters. The maximum atomic E-state index is 5.55. The van der Waals surface area contributed by atoms with Gasteiger partial charge in [-0.25, -0.2) is 0 Å². The smallest absolute Gasteiger partial charge is 0.0561 e. The van der Waals surface area contributed by atoms with Crippen LogP contribution in [0.3, 0.4) is 0 Å². The molecule has 2 saturated heterocycles. The van der Waals surface area contributed by atoms with Gasteiger partial charge in [-0.05, 0) is 19.8 Å². The lowest BCUT2D eigenvalue weighted by molar-refractivity contribution is 0.0135. The van der Waals surface area contributed by atoms with E-state index in [0.29, 0.717) is 12.1 Å². The summed E-state index contributed by atoms with van der Waals surface area (Å²) in [5, 5.41) is 4.54. The van der Waals surface area contributed by atoms with Gasteiger partial charge in [-0.3, -0.25) is 0 Å². The molecule has 88 valence electrons. The molecule has 0 radical (unpaired) electrons. The zero-order valence-electron chi connectivity index (χ0n) is 9.41. The largest absolute Gasteiger partial charge is 0.378 e. The number of rotatable bonds is 3. The lowest BCUT2D eigenvalue weighted by atomic mass is 10.0. The Balaban J connectivity index is 1.63. The highest BCUT2D eigenvalue weighted by Crippen LogP contribution is 2.23. The van der Waals surface area contributed by atoms with E-state index < -0.39 is 0 Å². The van der Waals surface area contributed by atoms with Crippen molar-refractivity contribution in [2.45, 2.75) is 37.2 Å². The van der Waals surface area contributed by atoms with Crippen LogP contribution in [-0.2, 0) is 4.74 Å². The minimum absolute atomic E-state index is 0.449. The van der Waals surface area contributed by atoms with Crippen molar-refractivity contribution in [3.63, 3.8) is 0 Å². The predicted octanol–water partition coefficient (Wildman–Crippen LogP) is 1.99. The summed E-state index contributed by atoms with van der Waals surface area (Å²) >= 11 is 4.24. The number of thioether (sulfide) groups is 2. The van der Waals surface area contributed by atoms with E-state index in [4.69, 9.17) is 4.74 Å². The van der Waals surface area contributed by atoms with Gasteiger partial charge >= 0.3 is 0 Å². The second-order valence-electron chi connectivity index (χ2n) is 4.38. The van der Waals surface area contributed by atoms with Crippen molar-refractivity contribution in [3.8, 4) is 0 Å². The molecule has 4 heteroatoms. The molecule has 1 N–H and O–H groups in total. The second kappa shape index (κ2) is 6.38. The molecular formula is C11H21NOS2. The Morgan fingerprint density at radius 1 is 1.40 bits per heavy atom. The van der Waals surface area contributed by atoms with E-state index in [-0.39, 0.29) is 0 Å². The highest BCUT2D eigenvalue weighted by atomic mass is 32.2. The van der Waals surface area contributed by atoms with Gasteiger partial charge in [0.05, 0.1) is 6.10 Å². The third kappa shape index (κ3) is 4.17. The molecule has 3 unspecified atom stereocenters. The zero-order chi connectivity index (χ0) is 10.5. The molecule has 0 aromatic rings. The van der Waals surface area contributed by atoms with Crippen LogP contribution in [0.25, 0.3) is 0 Å². The number of nitrogens with one attached hydrogen (secondary N) is 1. The molecule has 2 rings (SSSR count). The van der Waals surface area contributed by atoms with Gasteiger partial charge in [0.15, 0.2) is 0 Å². The minimum Gasteiger partial charge on any atom is -0.378 e. The van der Waals surface area contributed by atoms with Gasteiger partial charge in [0, 0.05) is 41.7 Å². The molecule has 0 saturated carbocycles. The maximum absolute atomic E-state index is 5.55. The summed E-state index contributed by atoms with van der Waals surface area (Å²) in [6.45, 7) is 4.31. The van der Waals surface area contributed by atoms with Crippen molar-refractivity contribution in [2.24, 2.45) is 0 Å². The minimum atomic E-state index is 0.449. The molecule has 0 spiro atoms. The molecule has 0 bridgehead atoms. The molecule has 2 aliphatic rings. The van der Waals surface area contributed by atoms with E-state index in [1.54, 1.807) is 0 Å². The quantitative estimate of drug-likeness (QED) is 0.823. The Labute approximate surface area is 101 Å². The first kappa shape index (κ1) is 12.1. The van der Waals surface area contributed by atoms with E-state index in [1.807, 2.05) is 0 Å². The second-order valence-corrected chi connectivity index (χ2v) is 6.94. The molecular weight excluding hydrogens is 226 g/mol. The Bertz CT molecular complexity index is 185. The topological polar surface area (TPSA) is 21.3 Å². The van der Waals surface area contributed by atoms with Crippen LogP contribution >= 0.6 is 23.5 Å². The van der Waals surface area contributed by atoms with Gasteiger partial charge in [-0.2, -0.15) is 23.5 Å². The van der Waals surface area contributed by atoms with E-state index in [2.05, 4.69) is 35.8 Å². The SMILES string of the molecule is CC1CC(NCC2CSCCS2)CCO1. The summed E-state index contributed by atoms with van der Waals surface area (Å²) in [5.74, 6) is 4.01. The Morgan fingerprint density at radius 2 is 2.33 bits per heavy atom. The van der Waals surface area contributed by atoms with Crippen molar-refractivity contribution < 1.29 is 4.74 Å². The van der Waals surface area contributed by atoms with Crippen LogP contribution in [0.2, 0.25) is 0 Å². The van der Waals surface area contributed by atoms with Crippen LogP contribution in [0, 0.1) is 0 Å². The summed E-state index contributed by atoms with van der Waals surface area (Å²) in [6, 6.07) is 0.696. The van der Waals surface area contributed by atoms with E-state index >= 15 is 0 Å². The molecule has 0 aromatic heterocycles. The highest BCUT2D eigenvalue weighted by molar-refractivity contribution is 8.06. The van der Waals surface area contributed by atoms with Crippen LogP contribution in [0.4, 0.5) is 0 Å². The maximum Gasteiger partial charge on any atom is 0.0561 e. The Kier molecular flexibility index (Phi) is 5.14. The molecule has 15 heavy (non-hydrogen) atoms. The third-order valence-electron chi connectivity index (χ3n) is 3.00. The molecule has 0 aliphatic carbocycles. The van der Waals surface area contributed by atoms with Crippen molar-refractivity contribution in [2.75, 3.05) is 30.4 Å². The van der Waals surface area contributed by atoms with Crippen molar-refractivity contribution >= 4 is 23.5 Å². The lowest BCUT2D eigenvalue weighted by Crippen LogP contribution is -2.41. The first-order chi connectivity index (χ1) is 7.34. The number of ether oxygens (including phenoxy) is 1. The number of hydrogen-bond donors (Lipinski definition) is 1. The van der Waals surface area contributed by atoms with Crippen molar-refractivity contribution in [1.82, 2.24) is 5.32 Å². The fraction of sp³-hybridized carbons (Fsp3) is 1.00. The predicted molar refractivity (Wildman–Crippen MR) is 70.0 cm³/mol. The molecule has 0 aromatic carbocycles. The van der Waals surface area contributed by atoms with E-state index in [1.165, 1.54) is 36.6 Å². The summed E-state index contributed by atoms with van der Waals surface area (Å²) in [4.78, 5) is 0. The van der Waals surface area contributed by atoms with Gasteiger partial charge < -0.3 is 10.1 Å². The first-order valence-corrected chi connectivity index (χ1v) is 8.09. The summed E-state index contributed by atoms with van der Waals surface area (Å²) in [7, 11) is 0.